The van der Waals surface area contributed by atoms with E-state index in [0.717, 1.165) is 37.8 Å². The SMILES string of the molecule is O=C(c1cncc(F)c1)N1CCCN(Cc2ccoc2)CC1. The molecule has 1 fully saturated rings. The molecule has 116 valence electrons. The first-order chi connectivity index (χ1) is 10.7. The lowest BCUT2D eigenvalue weighted by molar-refractivity contribution is 0.0760. The molecule has 0 aromatic carbocycles. The maximum atomic E-state index is 13.2. The second-order valence-corrected chi connectivity index (χ2v) is 5.45. The first kappa shape index (κ1) is 14.7. The van der Waals surface area contributed by atoms with Gasteiger partial charge >= 0.3 is 0 Å². The van der Waals surface area contributed by atoms with Crippen molar-refractivity contribution in [3.63, 3.8) is 0 Å². The van der Waals surface area contributed by atoms with E-state index in [0.29, 0.717) is 18.7 Å². The summed E-state index contributed by atoms with van der Waals surface area (Å²) in [6.45, 7) is 3.85. The number of amides is 1. The Hall–Kier alpha value is -2.21. The van der Waals surface area contributed by atoms with Gasteiger partial charge in [0.1, 0.15) is 5.82 Å². The number of carbonyl (C=O) groups is 1. The molecule has 1 aliphatic heterocycles. The normalized spacial score (nSPS) is 16.5. The van der Waals surface area contributed by atoms with Crippen LogP contribution in [0.2, 0.25) is 0 Å². The molecule has 6 heteroatoms. The monoisotopic (exact) mass is 303 g/mol. The molecule has 1 aliphatic rings. The molecule has 0 spiro atoms. The summed E-state index contributed by atoms with van der Waals surface area (Å²) >= 11 is 0. The van der Waals surface area contributed by atoms with E-state index >= 15 is 0 Å². The van der Waals surface area contributed by atoms with Crippen molar-refractivity contribution < 1.29 is 13.6 Å². The Bertz CT molecular complexity index is 630. The van der Waals surface area contributed by atoms with Crippen molar-refractivity contribution in [3.05, 3.63) is 54.0 Å². The van der Waals surface area contributed by atoms with Gasteiger partial charge in [-0.15, -0.1) is 0 Å². The van der Waals surface area contributed by atoms with Crippen LogP contribution in [0.4, 0.5) is 4.39 Å². The van der Waals surface area contributed by atoms with E-state index < -0.39 is 5.82 Å². The molecule has 22 heavy (non-hydrogen) atoms. The average molecular weight is 303 g/mol. The number of halogens is 1. The highest BCUT2D eigenvalue weighted by molar-refractivity contribution is 5.93. The Kier molecular flexibility index (Phi) is 4.48. The van der Waals surface area contributed by atoms with Crippen LogP contribution in [0.15, 0.2) is 41.5 Å². The highest BCUT2D eigenvalue weighted by Gasteiger charge is 2.21. The summed E-state index contributed by atoms with van der Waals surface area (Å²) in [5.41, 5.74) is 1.44. The van der Waals surface area contributed by atoms with E-state index in [-0.39, 0.29) is 5.91 Å². The number of rotatable bonds is 3. The topological polar surface area (TPSA) is 49.6 Å². The quantitative estimate of drug-likeness (QED) is 0.872. The van der Waals surface area contributed by atoms with Crippen molar-refractivity contribution in [3.8, 4) is 0 Å². The highest BCUT2D eigenvalue weighted by atomic mass is 19.1. The van der Waals surface area contributed by atoms with Gasteiger partial charge in [-0.3, -0.25) is 14.7 Å². The van der Waals surface area contributed by atoms with Crippen molar-refractivity contribution in [1.82, 2.24) is 14.8 Å². The van der Waals surface area contributed by atoms with Gasteiger partial charge < -0.3 is 9.32 Å². The highest BCUT2D eigenvalue weighted by Crippen LogP contribution is 2.12. The van der Waals surface area contributed by atoms with E-state index in [9.17, 15) is 9.18 Å². The average Bonchev–Trinajstić information content (AvgIpc) is 2.91. The Labute approximate surface area is 128 Å². The second kappa shape index (κ2) is 6.70. The number of pyridine rings is 1. The molecule has 3 rings (SSSR count). The number of hydrogen-bond acceptors (Lipinski definition) is 4. The van der Waals surface area contributed by atoms with Gasteiger partial charge in [0.2, 0.25) is 0 Å². The van der Waals surface area contributed by atoms with Crippen LogP contribution in [-0.4, -0.2) is 46.9 Å². The Balaban J connectivity index is 1.61. The molecule has 1 amide bonds. The summed E-state index contributed by atoms with van der Waals surface area (Å²) in [5, 5.41) is 0. The maximum Gasteiger partial charge on any atom is 0.255 e. The van der Waals surface area contributed by atoms with Gasteiger partial charge in [-0.2, -0.15) is 0 Å². The molecule has 0 saturated carbocycles. The zero-order chi connectivity index (χ0) is 15.4. The van der Waals surface area contributed by atoms with Crippen molar-refractivity contribution in [1.29, 1.82) is 0 Å². The first-order valence-corrected chi connectivity index (χ1v) is 7.35. The van der Waals surface area contributed by atoms with Gasteiger partial charge in [-0.1, -0.05) is 0 Å². The fourth-order valence-electron chi connectivity index (χ4n) is 2.68. The number of carbonyl (C=O) groups excluding carboxylic acids is 1. The van der Waals surface area contributed by atoms with E-state index in [1.165, 1.54) is 12.3 Å². The summed E-state index contributed by atoms with van der Waals surface area (Å²) in [5.74, 6) is -0.639. The number of aromatic nitrogens is 1. The van der Waals surface area contributed by atoms with Crippen LogP contribution in [0.3, 0.4) is 0 Å². The Morgan fingerprint density at radius 1 is 1.27 bits per heavy atom. The van der Waals surface area contributed by atoms with Crippen molar-refractivity contribution in [2.45, 2.75) is 13.0 Å². The molecule has 5 nitrogen and oxygen atoms in total. The van der Waals surface area contributed by atoms with Crippen LogP contribution in [0.5, 0.6) is 0 Å². The molecule has 1 saturated heterocycles. The Morgan fingerprint density at radius 3 is 2.95 bits per heavy atom. The van der Waals surface area contributed by atoms with Crippen LogP contribution >= 0.6 is 0 Å². The zero-order valence-corrected chi connectivity index (χ0v) is 12.2. The molecular weight excluding hydrogens is 285 g/mol. The lowest BCUT2D eigenvalue weighted by Crippen LogP contribution is -2.35. The van der Waals surface area contributed by atoms with Gasteiger partial charge in [-0.05, 0) is 18.6 Å². The van der Waals surface area contributed by atoms with E-state index in [1.807, 2.05) is 6.07 Å². The lowest BCUT2D eigenvalue weighted by atomic mass is 10.2. The van der Waals surface area contributed by atoms with Crippen LogP contribution < -0.4 is 0 Å². The molecule has 0 atom stereocenters. The molecule has 3 heterocycles. The third-order valence-corrected chi connectivity index (χ3v) is 3.81. The largest absolute Gasteiger partial charge is 0.472 e. The minimum absolute atomic E-state index is 0.155. The second-order valence-electron chi connectivity index (χ2n) is 5.45. The fraction of sp³-hybridized carbons (Fsp3) is 0.375. The number of furan rings is 1. The van der Waals surface area contributed by atoms with E-state index in [2.05, 4.69) is 9.88 Å². The molecule has 0 aliphatic carbocycles. The third-order valence-electron chi connectivity index (χ3n) is 3.81. The molecule has 2 aromatic rings. The van der Waals surface area contributed by atoms with Crippen LogP contribution in [0.25, 0.3) is 0 Å². The molecule has 0 N–H and O–H groups in total. The molecule has 0 unspecified atom stereocenters. The zero-order valence-electron chi connectivity index (χ0n) is 12.2. The lowest BCUT2D eigenvalue weighted by Gasteiger charge is -2.21. The van der Waals surface area contributed by atoms with E-state index in [4.69, 9.17) is 4.42 Å². The molecule has 0 radical (unpaired) electrons. The van der Waals surface area contributed by atoms with Crippen molar-refractivity contribution >= 4 is 5.91 Å². The predicted octanol–water partition coefficient (Wildman–Crippen LogP) is 2.16. The van der Waals surface area contributed by atoms with Gasteiger partial charge in [0.25, 0.3) is 5.91 Å². The standard InChI is InChI=1S/C16H18FN3O2/c17-15-8-14(9-18-10-15)16(21)20-4-1-3-19(5-6-20)11-13-2-7-22-12-13/h2,7-10,12H,1,3-6,11H2. The third kappa shape index (κ3) is 3.51. The van der Waals surface area contributed by atoms with Gasteiger partial charge in [0, 0.05) is 44.5 Å². The molecule has 2 aromatic heterocycles. The van der Waals surface area contributed by atoms with Crippen molar-refractivity contribution in [2.75, 3.05) is 26.2 Å². The maximum absolute atomic E-state index is 13.2. The molecule has 0 bridgehead atoms. The summed E-state index contributed by atoms with van der Waals surface area (Å²) in [7, 11) is 0. The molecular formula is C16H18FN3O2. The van der Waals surface area contributed by atoms with Crippen molar-refractivity contribution in [2.24, 2.45) is 0 Å². The fourth-order valence-corrected chi connectivity index (χ4v) is 2.68. The summed E-state index contributed by atoms with van der Waals surface area (Å²) in [6.07, 6.45) is 6.82. The summed E-state index contributed by atoms with van der Waals surface area (Å²) in [6, 6.07) is 3.19. The first-order valence-electron chi connectivity index (χ1n) is 7.35. The van der Waals surface area contributed by atoms with Gasteiger partial charge in [-0.25, -0.2) is 4.39 Å². The number of nitrogens with zero attached hydrogens (tertiary/aromatic N) is 3. The minimum Gasteiger partial charge on any atom is -0.472 e. The van der Waals surface area contributed by atoms with Gasteiger partial charge in [0.05, 0.1) is 24.3 Å². The van der Waals surface area contributed by atoms with E-state index in [1.54, 1.807) is 17.4 Å². The smallest absolute Gasteiger partial charge is 0.255 e. The summed E-state index contributed by atoms with van der Waals surface area (Å²) < 4.78 is 18.3. The van der Waals surface area contributed by atoms with Crippen LogP contribution in [-0.2, 0) is 6.54 Å². The minimum atomic E-state index is -0.484. The summed E-state index contributed by atoms with van der Waals surface area (Å²) in [4.78, 5) is 20.2. The van der Waals surface area contributed by atoms with Gasteiger partial charge in [0.15, 0.2) is 0 Å². The van der Waals surface area contributed by atoms with Crippen LogP contribution in [0.1, 0.15) is 22.3 Å². The number of hydrogen-bond donors (Lipinski definition) is 0. The van der Waals surface area contributed by atoms with Crippen LogP contribution in [0, 0.1) is 5.82 Å². The predicted molar refractivity (Wildman–Crippen MR) is 78.7 cm³/mol. The Morgan fingerprint density at radius 2 is 2.18 bits per heavy atom.